The molecule has 3 heteroatoms. The van der Waals surface area contributed by atoms with Crippen LogP contribution in [0.15, 0.2) is 18.2 Å². The number of esters is 1. The van der Waals surface area contributed by atoms with E-state index in [0.29, 0.717) is 13.0 Å². The second-order valence-corrected chi connectivity index (χ2v) is 5.14. The molecule has 0 aliphatic heterocycles. The Kier molecular flexibility index (Phi) is 5.40. The quantitative estimate of drug-likeness (QED) is 0.630. The zero-order valence-corrected chi connectivity index (χ0v) is 11.7. The van der Waals surface area contributed by atoms with Gasteiger partial charge in [-0.3, -0.25) is 4.79 Å². The Balaban J connectivity index is 1.72. The van der Waals surface area contributed by atoms with E-state index in [1.807, 2.05) is 0 Å². The number of benzene rings is 1. The van der Waals surface area contributed by atoms with Crippen molar-refractivity contribution in [1.82, 2.24) is 5.32 Å². The van der Waals surface area contributed by atoms with Crippen molar-refractivity contribution in [1.29, 1.82) is 0 Å². The average molecular weight is 261 g/mol. The van der Waals surface area contributed by atoms with Crippen LogP contribution < -0.4 is 5.32 Å². The number of aryl methyl sites for hydroxylation is 2. The van der Waals surface area contributed by atoms with Gasteiger partial charge in [-0.1, -0.05) is 18.2 Å². The molecule has 0 spiro atoms. The monoisotopic (exact) mass is 261 g/mol. The number of carbonyl (C=O) groups excluding carboxylic acids is 1. The Labute approximate surface area is 115 Å². The van der Waals surface area contributed by atoms with Crippen LogP contribution in [-0.4, -0.2) is 26.2 Å². The molecule has 1 N–H and O–H groups in total. The fraction of sp³-hybridized carbons (Fsp3) is 0.562. The fourth-order valence-electron chi connectivity index (χ4n) is 2.59. The number of nitrogens with one attached hydrogen (secondary N) is 1. The summed E-state index contributed by atoms with van der Waals surface area (Å²) in [5.74, 6) is -0.152. The predicted octanol–water partition coefficient (Wildman–Crippen LogP) is 2.26. The first kappa shape index (κ1) is 14.1. The molecule has 0 saturated carbocycles. The Morgan fingerprint density at radius 3 is 2.79 bits per heavy atom. The summed E-state index contributed by atoms with van der Waals surface area (Å²) in [5.41, 5.74) is 4.47. The highest BCUT2D eigenvalue weighted by Crippen LogP contribution is 2.22. The molecule has 1 aliphatic rings. The van der Waals surface area contributed by atoms with Crippen LogP contribution in [0.2, 0.25) is 0 Å². The van der Waals surface area contributed by atoms with Crippen molar-refractivity contribution in [2.75, 3.05) is 20.2 Å². The highest BCUT2D eigenvalue weighted by molar-refractivity contribution is 5.69. The van der Waals surface area contributed by atoms with Crippen LogP contribution in [-0.2, 0) is 28.8 Å². The standard InChI is InChI=1S/C16H23NO2/c1-19-16(18)9-11-17-10-8-13-6-7-14-4-2-3-5-15(14)12-13/h6-7,12,17H,2-5,8-11H2,1H3. The van der Waals surface area contributed by atoms with E-state index in [1.54, 1.807) is 5.56 Å². The van der Waals surface area contributed by atoms with E-state index in [1.165, 1.54) is 43.9 Å². The predicted molar refractivity (Wildman–Crippen MR) is 76.3 cm³/mol. The maximum absolute atomic E-state index is 10.9. The van der Waals surface area contributed by atoms with E-state index < -0.39 is 0 Å². The lowest BCUT2D eigenvalue weighted by Gasteiger charge is -2.16. The Bertz CT molecular complexity index is 429. The summed E-state index contributed by atoms with van der Waals surface area (Å²) in [6.07, 6.45) is 6.61. The first-order chi connectivity index (χ1) is 9.29. The molecule has 0 bridgehead atoms. The maximum atomic E-state index is 10.9. The van der Waals surface area contributed by atoms with Crippen molar-refractivity contribution in [3.8, 4) is 0 Å². The summed E-state index contributed by atoms with van der Waals surface area (Å²) in [7, 11) is 1.43. The van der Waals surface area contributed by atoms with E-state index in [9.17, 15) is 4.79 Å². The van der Waals surface area contributed by atoms with Gasteiger partial charge < -0.3 is 10.1 Å². The van der Waals surface area contributed by atoms with Gasteiger partial charge in [-0.05, 0) is 55.3 Å². The molecule has 0 amide bonds. The first-order valence-corrected chi connectivity index (χ1v) is 7.18. The summed E-state index contributed by atoms with van der Waals surface area (Å²) in [6.45, 7) is 1.60. The van der Waals surface area contributed by atoms with Gasteiger partial charge >= 0.3 is 5.97 Å². The van der Waals surface area contributed by atoms with E-state index in [4.69, 9.17) is 0 Å². The van der Waals surface area contributed by atoms with Crippen molar-refractivity contribution in [3.05, 3.63) is 34.9 Å². The zero-order valence-electron chi connectivity index (χ0n) is 11.7. The number of rotatable bonds is 6. The zero-order chi connectivity index (χ0) is 13.5. The van der Waals surface area contributed by atoms with E-state index in [2.05, 4.69) is 28.3 Å². The smallest absolute Gasteiger partial charge is 0.306 e. The first-order valence-electron chi connectivity index (χ1n) is 7.18. The summed E-state index contributed by atoms with van der Waals surface area (Å²) < 4.78 is 4.60. The molecule has 0 aromatic heterocycles. The molecule has 3 nitrogen and oxygen atoms in total. The van der Waals surface area contributed by atoms with Crippen molar-refractivity contribution < 1.29 is 9.53 Å². The minimum absolute atomic E-state index is 0.152. The molecule has 104 valence electrons. The lowest BCUT2D eigenvalue weighted by molar-refractivity contribution is -0.140. The van der Waals surface area contributed by atoms with Gasteiger partial charge in [0, 0.05) is 6.54 Å². The molecular weight excluding hydrogens is 238 g/mol. The minimum atomic E-state index is -0.152. The van der Waals surface area contributed by atoms with Crippen molar-refractivity contribution in [2.45, 2.75) is 38.5 Å². The molecule has 1 aliphatic carbocycles. The van der Waals surface area contributed by atoms with Crippen molar-refractivity contribution >= 4 is 5.97 Å². The van der Waals surface area contributed by atoms with Crippen LogP contribution in [0.4, 0.5) is 0 Å². The van der Waals surface area contributed by atoms with E-state index in [0.717, 1.165) is 13.0 Å². The molecule has 1 aromatic carbocycles. The molecule has 19 heavy (non-hydrogen) atoms. The lowest BCUT2D eigenvalue weighted by Crippen LogP contribution is -2.21. The molecule has 1 aromatic rings. The Morgan fingerprint density at radius 2 is 2.00 bits per heavy atom. The van der Waals surface area contributed by atoms with Gasteiger partial charge in [0.05, 0.1) is 13.5 Å². The Hall–Kier alpha value is -1.35. The average Bonchev–Trinajstić information content (AvgIpc) is 2.46. The summed E-state index contributed by atoms with van der Waals surface area (Å²) >= 11 is 0. The third kappa shape index (κ3) is 4.35. The SMILES string of the molecule is COC(=O)CCNCCc1ccc2c(c1)CCCC2. The van der Waals surface area contributed by atoms with Crippen LogP contribution in [0.25, 0.3) is 0 Å². The van der Waals surface area contributed by atoms with Crippen LogP contribution >= 0.6 is 0 Å². The molecule has 0 atom stereocenters. The minimum Gasteiger partial charge on any atom is -0.469 e. The Morgan fingerprint density at radius 1 is 1.21 bits per heavy atom. The normalized spacial score (nSPS) is 13.9. The lowest BCUT2D eigenvalue weighted by atomic mass is 9.90. The van der Waals surface area contributed by atoms with E-state index in [-0.39, 0.29) is 5.97 Å². The fourth-order valence-corrected chi connectivity index (χ4v) is 2.59. The van der Waals surface area contributed by atoms with Gasteiger partial charge in [0.2, 0.25) is 0 Å². The molecular formula is C16H23NO2. The maximum Gasteiger partial charge on any atom is 0.306 e. The number of hydrogen-bond donors (Lipinski definition) is 1. The third-order valence-electron chi connectivity index (χ3n) is 3.74. The summed E-state index contributed by atoms with van der Waals surface area (Å²) in [5, 5.41) is 3.28. The van der Waals surface area contributed by atoms with Gasteiger partial charge in [-0.2, -0.15) is 0 Å². The van der Waals surface area contributed by atoms with Crippen LogP contribution in [0.5, 0.6) is 0 Å². The highest BCUT2D eigenvalue weighted by Gasteiger charge is 2.09. The highest BCUT2D eigenvalue weighted by atomic mass is 16.5. The van der Waals surface area contributed by atoms with Crippen molar-refractivity contribution in [2.24, 2.45) is 0 Å². The van der Waals surface area contributed by atoms with Crippen molar-refractivity contribution in [3.63, 3.8) is 0 Å². The van der Waals surface area contributed by atoms with E-state index >= 15 is 0 Å². The number of methoxy groups -OCH3 is 1. The third-order valence-corrected chi connectivity index (χ3v) is 3.74. The molecule has 0 unspecified atom stereocenters. The van der Waals surface area contributed by atoms with Crippen LogP contribution in [0.1, 0.15) is 36.0 Å². The largest absolute Gasteiger partial charge is 0.469 e. The second-order valence-electron chi connectivity index (χ2n) is 5.14. The number of fused-ring (bicyclic) bond motifs is 1. The van der Waals surface area contributed by atoms with Crippen LogP contribution in [0.3, 0.4) is 0 Å². The van der Waals surface area contributed by atoms with Gasteiger partial charge in [0.25, 0.3) is 0 Å². The van der Waals surface area contributed by atoms with Gasteiger partial charge in [-0.25, -0.2) is 0 Å². The second kappa shape index (κ2) is 7.29. The number of hydrogen-bond acceptors (Lipinski definition) is 3. The molecule has 0 radical (unpaired) electrons. The summed E-state index contributed by atoms with van der Waals surface area (Å²) in [4.78, 5) is 10.9. The molecule has 0 saturated heterocycles. The van der Waals surface area contributed by atoms with Gasteiger partial charge in [0.15, 0.2) is 0 Å². The molecule has 0 heterocycles. The topological polar surface area (TPSA) is 38.3 Å². The van der Waals surface area contributed by atoms with Crippen LogP contribution in [0, 0.1) is 0 Å². The molecule has 0 fully saturated rings. The van der Waals surface area contributed by atoms with Gasteiger partial charge in [-0.15, -0.1) is 0 Å². The van der Waals surface area contributed by atoms with Gasteiger partial charge in [0.1, 0.15) is 0 Å². The summed E-state index contributed by atoms with van der Waals surface area (Å²) in [6, 6.07) is 6.89. The molecule has 2 rings (SSSR count). The number of carbonyl (C=O) groups is 1. The number of ether oxygens (including phenoxy) is 1.